The summed E-state index contributed by atoms with van der Waals surface area (Å²) in [6.45, 7) is 3.96. The van der Waals surface area contributed by atoms with Crippen molar-refractivity contribution in [1.82, 2.24) is 15.1 Å². The number of hydrogen-bond donors (Lipinski definition) is 2. The van der Waals surface area contributed by atoms with E-state index in [-0.39, 0.29) is 18.0 Å². The Labute approximate surface area is 128 Å². The normalized spacial score (nSPS) is 12.3. The summed E-state index contributed by atoms with van der Waals surface area (Å²) in [5.41, 5.74) is 0.439. The summed E-state index contributed by atoms with van der Waals surface area (Å²) in [4.78, 5) is 24.2. The van der Waals surface area contributed by atoms with Crippen LogP contribution in [-0.2, 0) is 11.3 Å². The van der Waals surface area contributed by atoms with Crippen molar-refractivity contribution in [3.05, 3.63) is 40.3 Å². The first-order chi connectivity index (χ1) is 10.5. The number of carbonyl (C=O) groups is 1. The molecule has 6 heteroatoms. The summed E-state index contributed by atoms with van der Waals surface area (Å²) in [6, 6.07) is 7.22. The maximum Gasteiger partial charge on any atom is 0.275 e. The number of amides is 1. The average Bonchev–Trinajstić information content (AvgIpc) is 2.52. The maximum atomic E-state index is 12.3. The van der Waals surface area contributed by atoms with E-state index in [2.05, 4.69) is 10.4 Å². The third-order valence-electron chi connectivity index (χ3n) is 3.62. The molecule has 1 atom stereocenters. The number of aryl methyl sites for hydroxylation is 1. The maximum absolute atomic E-state index is 12.3. The smallest absolute Gasteiger partial charge is 0.275 e. The Morgan fingerprint density at radius 1 is 1.36 bits per heavy atom. The summed E-state index contributed by atoms with van der Waals surface area (Å²) < 4.78 is 1.18. The van der Waals surface area contributed by atoms with Gasteiger partial charge in [0.05, 0.1) is 17.2 Å². The summed E-state index contributed by atoms with van der Waals surface area (Å²) in [5.74, 6) is -0.285. The largest absolute Gasteiger partial charge is 0.393 e. The molecule has 0 fully saturated rings. The van der Waals surface area contributed by atoms with Crippen molar-refractivity contribution in [3.63, 3.8) is 0 Å². The lowest BCUT2D eigenvalue weighted by molar-refractivity contribution is -0.122. The minimum absolute atomic E-state index is 0.118. The molecule has 22 heavy (non-hydrogen) atoms. The minimum Gasteiger partial charge on any atom is -0.393 e. The minimum atomic E-state index is -0.413. The lowest BCUT2D eigenvalue weighted by Gasteiger charge is -2.10. The summed E-state index contributed by atoms with van der Waals surface area (Å²) >= 11 is 0. The number of hydrogen-bond acceptors (Lipinski definition) is 4. The highest BCUT2D eigenvalue weighted by Crippen LogP contribution is 2.11. The first-order valence-electron chi connectivity index (χ1n) is 7.44. The van der Waals surface area contributed by atoms with Crippen molar-refractivity contribution in [1.29, 1.82) is 0 Å². The van der Waals surface area contributed by atoms with Crippen molar-refractivity contribution >= 4 is 16.7 Å². The highest BCUT2D eigenvalue weighted by molar-refractivity contribution is 5.83. The fourth-order valence-electron chi connectivity index (χ4n) is 2.29. The van der Waals surface area contributed by atoms with Crippen LogP contribution < -0.4 is 10.9 Å². The van der Waals surface area contributed by atoms with Gasteiger partial charge in [-0.1, -0.05) is 25.1 Å². The molecule has 1 aromatic carbocycles. The van der Waals surface area contributed by atoms with E-state index in [0.717, 1.165) is 5.39 Å². The van der Waals surface area contributed by atoms with Crippen LogP contribution in [0.1, 0.15) is 25.5 Å². The standard InChI is InChI=1S/C16H21N3O3/c1-3-12(20)8-9-17-15(21)10-19-16(22)14-7-5-4-6-13(14)11(2)18-19/h4-7,12,20H,3,8-10H2,1-2H3,(H,17,21). The number of aliphatic hydroxyl groups excluding tert-OH is 1. The van der Waals surface area contributed by atoms with Gasteiger partial charge < -0.3 is 10.4 Å². The SMILES string of the molecule is CCC(O)CCNC(=O)Cn1nc(C)c2ccccc2c1=O. The number of rotatable bonds is 6. The molecule has 0 spiro atoms. The average molecular weight is 303 g/mol. The van der Waals surface area contributed by atoms with Crippen molar-refractivity contribution in [3.8, 4) is 0 Å². The molecule has 2 N–H and O–H groups in total. The fourth-order valence-corrected chi connectivity index (χ4v) is 2.29. The Morgan fingerprint density at radius 3 is 2.73 bits per heavy atom. The molecule has 0 bridgehead atoms. The van der Waals surface area contributed by atoms with Crippen molar-refractivity contribution < 1.29 is 9.90 Å². The lowest BCUT2D eigenvalue weighted by Crippen LogP contribution is -2.35. The van der Waals surface area contributed by atoms with Crippen molar-refractivity contribution in [2.45, 2.75) is 39.3 Å². The molecule has 0 radical (unpaired) electrons. The number of fused-ring (bicyclic) bond motifs is 1. The topological polar surface area (TPSA) is 84.2 Å². The molecular weight excluding hydrogens is 282 g/mol. The van der Waals surface area contributed by atoms with Crippen molar-refractivity contribution in [2.75, 3.05) is 6.54 Å². The van der Waals surface area contributed by atoms with Crippen LogP contribution in [0.2, 0.25) is 0 Å². The highest BCUT2D eigenvalue weighted by Gasteiger charge is 2.10. The molecule has 0 aliphatic carbocycles. The quantitative estimate of drug-likeness (QED) is 0.833. The molecule has 0 aliphatic rings. The summed E-state index contributed by atoms with van der Waals surface area (Å²) in [7, 11) is 0. The third-order valence-corrected chi connectivity index (χ3v) is 3.62. The van der Waals surface area contributed by atoms with E-state index >= 15 is 0 Å². The highest BCUT2D eigenvalue weighted by atomic mass is 16.3. The van der Waals surface area contributed by atoms with Crippen LogP contribution in [-0.4, -0.2) is 33.4 Å². The number of aromatic nitrogens is 2. The van der Waals surface area contributed by atoms with Crippen molar-refractivity contribution in [2.24, 2.45) is 0 Å². The van der Waals surface area contributed by atoms with Gasteiger partial charge in [0, 0.05) is 11.9 Å². The van der Waals surface area contributed by atoms with Gasteiger partial charge in [0.1, 0.15) is 6.54 Å². The van der Waals surface area contributed by atoms with Crippen LogP contribution >= 0.6 is 0 Å². The second kappa shape index (κ2) is 7.17. The summed E-state index contributed by atoms with van der Waals surface area (Å²) in [6.07, 6.45) is 0.742. The number of benzene rings is 1. The third kappa shape index (κ3) is 3.71. The van der Waals surface area contributed by atoms with E-state index < -0.39 is 6.10 Å². The number of carbonyl (C=O) groups excluding carboxylic acids is 1. The Balaban J connectivity index is 2.10. The molecule has 0 saturated heterocycles. The zero-order valence-electron chi connectivity index (χ0n) is 12.9. The lowest BCUT2D eigenvalue weighted by atomic mass is 10.1. The van der Waals surface area contributed by atoms with Crippen LogP contribution in [0.5, 0.6) is 0 Å². The molecule has 0 aliphatic heterocycles. The van der Waals surface area contributed by atoms with Crippen LogP contribution in [0.15, 0.2) is 29.1 Å². The Bertz CT molecular complexity index is 724. The van der Waals surface area contributed by atoms with Gasteiger partial charge in [0.2, 0.25) is 5.91 Å². The molecule has 1 unspecified atom stereocenters. The van der Waals surface area contributed by atoms with Gasteiger partial charge in [0.15, 0.2) is 0 Å². The van der Waals surface area contributed by atoms with E-state index in [1.54, 1.807) is 12.1 Å². The first kappa shape index (κ1) is 16.2. The predicted octanol–water partition coefficient (Wildman–Crippen LogP) is 0.982. The van der Waals surface area contributed by atoms with Crippen LogP contribution in [0, 0.1) is 6.92 Å². The van der Waals surface area contributed by atoms with Gasteiger partial charge in [-0.05, 0) is 25.8 Å². The molecule has 0 saturated carbocycles. The zero-order chi connectivity index (χ0) is 16.1. The van der Waals surface area contributed by atoms with Gasteiger partial charge >= 0.3 is 0 Å². The molecule has 1 heterocycles. The summed E-state index contributed by atoms with van der Waals surface area (Å²) in [5, 5.41) is 17.7. The number of nitrogens with zero attached hydrogens (tertiary/aromatic N) is 2. The van der Waals surface area contributed by atoms with Gasteiger partial charge in [0.25, 0.3) is 5.56 Å². The second-order valence-electron chi connectivity index (χ2n) is 5.29. The monoisotopic (exact) mass is 303 g/mol. The zero-order valence-corrected chi connectivity index (χ0v) is 12.9. The molecule has 2 aromatic rings. The van der Waals surface area contributed by atoms with Crippen LogP contribution in [0.25, 0.3) is 10.8 Å². The van der Waals surface area contributed by atoms with E-state index in [1.165, 1.54) is 4.68 Å². The number of nitrogens with one attached hydrogen (secondary N) is 1. The van der Waals surface area contributed by atoms with Crippen LogP contribution in [0.3, 0.4) is 0 Å². The molecule has 1 aromatic heterocycles. The van der Waals surface area contributed by atoms with Gasteiger partial charge in [-0.3, -0.25) is 9.59 Å². The number of aliphatic hydroxyl groups is 1. The van der Waals surface area contributed by atoms with Gasteiger partial charge in [-0.25, -0.2) is 4.68 Å². The Hall–Kier alpha value is -2.21. The molecular formula is C16H21N3O3. The van der Waals surface area contributed by atoms with E-state index in [9.17, 15) is 14.7 Å². The van der Waals surface area contributed by atoms with Crippen LogP contribution in [0.4, 0.5) is 0 Å². The van der Waals surface area contributed by atoms with E-state index in [0.29, 0.717) is 30.5 Å². The first-order valence-corrected chi connectivity index (χ1v) is 7.44. The van der Waals surface area contributed by atoms with E-state index in [4.69, 9.17) is 0 Å². The molecule has 118 valence electrons. The molecule has 2 rings (SSSR count). The Morgan fingerprint density at radius 2 is 2.05 bits per heavy atom. The second-order valence-corrected chi connectivity index (χ2v) is 5.29. The molecule has 1 amide bonds. The van der Waals surface area contributed by atoms with Gasteiger partial charge in [-0.2, -0.15) is 5.10 Å². The predicted molar refractivity (Wildman–Crippen MR) is 84.7 cm³/mol. The Kier molecular flexibility index (Phi) is 5.27. The fraction of sp³-hybridized carbons (Fsp3) is 0.438. The molecule has 6 nitrogen and oxygen atoms in total. The van der Waals surface area contributed by atoms with Gasteiger partial charge in [-0.15, -0.1) is 0 Å². The van der Waals surface area contributed by atoms with E-state index in [1.807, 2.05) is 26.0 Å².